The number of rotatable bonds is 9. The molecule has 3 heteroatoms. The Morgan fingerprint density at radius 3 is 1.01 bits per heavy atom. The Hall–Kier alpha value is -10.4. The zero-order chi connectivity index (χ0) is 51.5. The van der Waals surface area contributed by atoms with Crippen LogP contribution in [0.1, 0.15) is 0 Å². The molecule has 364 valence electrons. The first-order chi connectivity index (χ1) is 38.6. The second kappa shape index (κ2) is 18.8. The predicted octanol–water partition coefficient (Wildman–Crippen LogP) is 20.1. The predicted molar refractivity (Wildman–Crippen MR) is 328 cm³/mol. The van der Waals surface area contributed by atoms with E-state index in [-0.39, 0.29) is 0 Å². The minimum absolute atomic E-state index is 0.930. The first kappa shape index (κ1) is 45.1. The topological polar surface area (TPSA) is 22.8 Å². The van der Waals surface area contributed by atoms with E-state index in [1.807, 2.05) is 0 Å². The van der Waals surface area contributed by atoms with Crippen molar-refractivity contribution in [1.29, 1.82) is 0 Å². The molecule has 0 atom stereocenters. The summed E-state index contributed by atoms with van der Waals surface area (Å²) in [4.78, 5) is 5.45. The van der Waals surface area contributed by atoms with Crippen LogP contribution in [0.25, 0.3) is 144 Å². The molecule has 0 saturated heterocycles. The summed E-state index contributed by atoms with van der Waals surface area (Å²) in [7, 11) is 0. The average Bonchev–Trinajstić information content (AvgIpc) is 4.06. The van der Waals surface area contributed by atoms with Gasteiger partial charge in [0.1, 0.15) is 0 Å². The summed E-state index contributed by atoms with van der Waals surface area (Å²) in [5, 5.41) is 6.14. The molecule has 0 aliphatic carbocycles. The Kier molecular flexibility index (Phi) is 10.9. The highest BCUT2D eigenvalue weighted by atomic mass is 15.0. The molecule has 0 amide bonds. The summed E-state index contributed by atoms with van der Waals surface area (Å²) in [5.41, 5.74) is 24.0. The van der Waals surface area contributed by atoms with Gasteiger partial charge in [-0.25, -0.2) is 4.98 Å². The molecule has 78 heavy (non-hydrogen) atoms. The summed E-state index contributed by atoms with van der Waals surface area (Å²) >= 11 is 0. The molecule has 15 rings (SSSR count). The van der Waals surface area contributed by atoms with Crippen LogP contribution < -0.4 is 0 Å². The van der Waals surface area contributed by atoms with Gasteiger partial charge >= 0.3 is 0 Å². The Morgan fingerprint density at radius 2 is 0.538 bits per heavy atom. The molecule has 0 aliphatic rings. The lowest BCUT2D eigenvalue weighted by atomic mass is 9.93. The Morgan fingerprint density at radius 1 is 0.205 bits per heavy atom. The molecule has 0 spiro atoms. The van der Waals surface area contributed by atoms with Crippen molar-refractivity contribution in [1.82, 2.24) is 14.1 Å². The quantitative estimate of drug-likeness (QED) is 0.141. The standard InChI is InChI=1S/C75H49N3/c1-2-17-50(18-3-1)51-37-39-52(40-38-51)68-49-71(61-26-14-23-57(45-61)53-19-12-20-54(43-53)58-24-15-27-62(46-58)77-72-33-8-4-29-64(72)65-30-5-9-34-73(65)77)76-70-42-41-60(48-69(68)70)56-22-13-21-55(44-56)59-25-16-28-63(47-59)78-74-35-10-6-31-66(74)67-32-7-11-36-75(67)78/h1-49H. The van der Waals surface area contributed by atoms with Crippen LogP contribution in [-0.4, -0.2) is 14.1 Å². The highest BCUT2D eigenvalue weighted by molar-refractivity contribution is 6.10. The van der Waals surface area contributed by atoms with Gasteiger partial charge in [0.25, 0.3) is 0 Å². The van der Waals surface area contributed by atoms with E-state index in [4.69, 9.17) is 4.98 Å². The van der Waals surface area contributed by atoms with Crippen LogP contribution in [0.5, 0.6) is 0 Å². The number of para-hydroxylation sites is 4. The van der Waals surface area contributed by atoms with Gasteiger partial charge in [-0.1, -0.05) is 212 Å². The van der Waals surface area contributed by atoms with E-state index in [0.717, 1.165) is 66.9 Å². The summed E-state index contributed by atoms with van der Waals surface area (Å²) in [6.45, 7) is 0. The van der Waals surface area contributed by atoms with E-state index in [1.165, 1.54) is 77.0 Å². The maximum atomic E-state index is 5.45. The van der Waals surface area contributed by atoms with Crippen LogP contribution >= 0.6 is 0 Å². The van der Waals surface area contributed by atoms with E-state index in [1.54, 1.807) is 0 Å². The second-order valence-electron chi connectivity index (χ2n) is 20.3. The minimum Gasteiger partial charge on any atom is -0.309 e. The monoisotopic (exact) mass is 991 g/mol. The first-order valence-corrected chi connectivity index (χ1v) is 26.8. The molecule has 3 nitrogen and oxygen atoms in total. The number of benzene rings is 12. The molecular formula is C75H49N3. The van der Waals surface area contributed by atoms with Crippen molar-refractivity contribution in [2.75, 3.05) is 0 Å². The zero-order valence-electron chi connectivity index (χ0n) is 42.6. The highest BCUT2D eigenvalue weighted by Crippen LogP contribution is 2.40. The fraction of sp³-hybridized carbons (Fsp3) is 0. The number of aromatic nitrogens is 3. The third-order valence-electron chi connectivity index (χ3n) is 15.7. The summed E-state index contributed by atoms with van der Waals surface area (Å²) in [6.07, 6.45) is 0. The lowest BCUT2D eigenvalue weighted by Gasteiger charge is -2.14. The largest absolute Gasteiger partial charge is 0.309 e. The van der Waals surface area contributed by atoms with Gasteiger partial charge in [0.2, 0.25) is 0 Å². The molecule has 0 unspecified atom stereocenters. The van der Waals surface area contributed by atoms with Crippen LogP contribution in [0.4, 0.5) is 0 Å². The molecule has 3 heterocycles. The number of nitrogens with zero attached hydrogens (tertiary/aromatic N) is 3. The average molecular weight is 992 g/mol. The Balaban J connectivity index is 0.796. The first-order valence-electron chi connectivity index (χ1n) is 26.8. The summed E-state index contributed by atoms with van der Waals surface area (Å²) in [5.74, 6) is 0. The van der Waals surface area contributed by atoms with Crippen molar-refractivity contribution in [3.8, 4) is 89.4 Å². The van der Waals surface area contributed by atoms with Crippen LogP contribution in [0.3, 0.4) is 0 Å². The fourth-order valence-electron chi connectivity index (χ4n) is 11.9. The molecule has 3 aromatic heterocycles. The third kappa shape index (κ3) is 7.88. The number of pyridine rings is 1. The smallest absolute Gasteiger partial charge is 0.0716 e. The second-order valence-corrected chi connectivity index (χ2v) is 20.3. The van der Waals surface area contributed by atoms with Crippen LogP contribution in [0.2, 0.25) is 0 Å². The van der Waals surface area contributed by atoms with Gasteiger partial charge in [-0.05, 0) is 152 Å². The Labute approximate surface area is 452 Å². The van der Waals surface area contributed by atoms with Crippen molar-refractivity contribution < 1.29 is 0 Å². The van der Waals surface area contributed by atoms with Crippen molar-refractivity contribution >= 4 is 54.5 Å². The molecular weight excluding hydrogens is 943 g/mol. The molecule has 0 N–H and O–H groups in total. The van der Waals surface area contributed by atoms with Crippen molar-refractivity contribution in [2.24, 2.45) is 0 Å². The van der Waals surface area contributed by atoms with Crippen LogP contribution in [-0.2, 0) is 0 Å². The zero-order valence-corrected chi connectivity index (χ0v) is 42.6. The van der Waals surface area contributed by atoms with Crippen LogP contribution in [0, 0.1) is 0 Å². The van der Waals surface area contributed by atoms with Gasteiger partial charge in [0, 0.05) is 43.9 Å². The van der Waals surface area contributed by atoms with Gasteiger partial charge in [-0.2, -0.15) is 0 Å². The summed E-state index contributed by atoms with van der Waals surface area (Å²) in [6, 6.07) is 108. The van der Waals surface area contributed by atoms with Crippen molar-refractivity contribution in [3.63, 3.8) is 0 Å². The third-order valence-corrected chi connectivity index (χ3v) is 15.7. The molecule has 0 fully saturated rings. The van der Waals surface area contributed by atoms with Gasteiger partial charge < -0.3 is 9.13 Å². The van der Waals surface area contributed by atoms with E-state index in [2.05, 4.69) is 306 Å². The molecule has 0 aliphatic heterocycles. The normalized spacial score (nSPS) is 11.6. The maximum Gasteiger partial charge on any atom is 0.0716 e. The van der Waals surface area contributed by atoms with Crippen molar-refractivity contribution in [3.05, 3.63) is 297 Å². The summed E-state index contributed by atoms with van der Waals surface area (Å²) < 4.78 is 4.77. The van der Waals surface area contributed by atoms with Gasteiger partial charge in [-0.3, -0.25) is 0 Å². The minimum atomic E-state index is 0.930. The fourth-order valence-corrected chi connectivity index (χ4v) is 11.9. The molecule has 12 aromatic carbocycles. The van der Waals surface area contributed by atoms with E-state index in [0.29, 0.717) is 0 Å². The van der Waals surface area contributed by atoms with Crippen molar-refractivity contribution in [2.45, 2.75) is 0 Å². The highest BCUT2D eigenvalue weighted by Gasteiger charge is 2.17. The molecule has 0 saturated carbocycles. The van der Waals surface area contributed by atoms with Crippen LogP contribution in [0.15, 0.2) is 297 Å². The lowest BCUT2D eigenvalue weighted by Crippen LogP contribution is -1.94. The maximum absolute atomic E-state index is 5.45. The SMILES string of the molecule is c1ccc(-c2ccc(-c3cc(-c4cccc(-c5cccc(-c6cccc(-n7c8ccccc8c8ccccc87)c6)c5)c4)nc4ccc(-c5cccc(-c6cccc(-n7c8ccccc8c8ccccc87)c6)c5)cc34)cc2)cc1. The number of fused-ring (bicyclic) bond motifs is 7. The molecule has 15 aromatic rings. The van der Waals surface area contributed by atoms with E-state index in [9.17, 15) is 0 Å². The van der Waals surface area contributed by atoms with E-state index >= 15 is 0 Å². The Bertz CT molecular complexity index is 4680. The number of hydrogen-bond donors (Lipinski definition) is 0. The van der Waals surface area contributed by atoms with Gasteiger partial charge in [-0.15, -0.1) is 0 Å². The molecule has 0 radical (unpaired) electrons. The lowest BCUT2D eigenvalue weighted by molar-refractivity contribution is 1.18. The van der Waals surface area contributed by atoms with Gasteiger partial charge in [0.05, 0.1) is 33.3 Å². The molecule has 0 bridgehead atoms. The number of hydrogen-bond acceptors (Lipinski definition) is 1. The van der Waals surface area contributed by atoms with Gasteiger partial charge in [0.15, 0.2) is 0 Å². The van der Waals surface area contributed by atoms with E-state index < -0.39 is 0 Å².